The Balaban J connectivity index is 2.18. The maximum atomic E-state index is 12.0. The fraction of sp³-hybridized carbons (Fsp3) is 0.333. The smallest absolute Gasteiger partial charge is 0.260 e. The largest absolute Gasteiger partial charge is 0.361 e. The fourth-order valence-corrected chi connectivity index (χ4v) is 2.40. The molecule has 0 spiro atoms. The molecule has 0 radical (unpaired) electrons. The van der Waals surface area contributed by atoms with Crippen LogP contribution in [0.2, 0.25) is 0 Å². The summed E-state index contributed by atoms with van der Waals surface area (Å²) in [6.07, 6.45) is 1.39. The molecule has 1 N–H and O–H groups in total. The average molecular weight is 256 g/mol. The van der Waals surface area contributed by atoms with Crippen molar-refractivity contribution in [2.75, 3.05) is 7.05 Å². The van der Waals surface area contributed by atoms with E-state index < -0.39 is 10.0 Å². The Hall–Kier alpha value is -1.67. The molecule has 2 aromatic heterocycles. The first-order valence-electron chi connectivity index (χ1n) is 4.88. The third-order valence-corrected chi connectivity index (χ3v) is 3.96. The SMILES string of the molecule is Cc1cc(CN(C)S(=O)(=O)c2ccn[nH]2)no1. The fourth-order valence-electron chi connectivity index (χ4n) is 1.36. The van der Waals surface area contributed by atoms with Gasteiger partial charge in [0.25, 0.3) is 10.0 Å². The predicted octanol–water partition coefficient (Wildman–Crippen LogP) is 0.527. The van der Waals surface area contributed by atoms with E-state index in [1.807, 2.05) is 0 Å². The van der Waals surface area contributed by atoms with Crippen LogP contribution < -0.4 is 0 Å². The first kappa shape index (κ1) is 11.8. The lowest BCUT2D eigenvalue weighted by Gasteiger charge is -2.13. The van der Waals surface area contributed by atoms with Gasteiger partial charge in [-0.25, -0.2) is 8.42 Å². The third kappa shape index (κ3) is 2.37. The van der Waals surface area contributed by atoms with Crippen LogP contribution in [0.4, 0.5) is 0 Å². The molecular weight excluding hydrogens is 244 g/mol. The summed E-state index contributed by atoms with van der Waals surface area (Å²) in [5, 5.41) is 9.84. The Kier molecular flexibility index (Phi) is 2.99. The summed E-state index contributed by atoms with van der Waals surface area (Å²) >= 11 is 0. The molecule has 0 aromatic carbocycles. The van der Waals surface area contributed by atoms with Gasteiger partial charge in [0.1, 0.15) is 5.76 Å². The lowest BCUT2D eigenvalue weighted by atomic mass is 10.4. The molecule has 0 bridgehead atoms. The van der Waals surface area contributed by atoms with E-state index in [1.165, 1.54) is 23.6 Å². The van der Waals surface area contributed by atoms with Gasteiger partial charge in [-0.3, -0.25) is 5.10 Å². The second-order valence-corrected chi connectivity index (χ2v) is 5.62. The molecule has 0 amide bonds. The Morgan fingerprint density at radius 3 is 2.82 bits per heavy atom. The van der Waals surface area contributed by atoms with E-state index in [-0.39, 0.29) is 11.6 Å². The second kappa shape index (κ2) is 4.30. The number of nitrogens with zero attached hydrogens (tertiary/aromatic N) is 3. The van der Waals surface area contributed by atoms with Crippen LogP contribution in [0.3, 0.4) is 0 Å². The maximum Gasteiger partial charge on any atom is 0.260 e. The summed E-state index contributed by atoms with van der Waals surface area (Å²) in [5.74, 6) is 0.646. The van der Waals surface area contributed by atoms with Gasteiger partial charge in [-0.2, -0.15) is 9.40 Å². The van der Waals surface area contributed by atoms with E-state index in [2.05, 4.69) is 15.4 Å². The van der Waals surface area contributed by atoms with Gasteiger partial charge in [0.15, 0.2) is 5.03 Å². The normalized spacial score (nSPS) is 12.2. The van der Waals surface area contributed by atoms with Crippen molar-refractivity contribution in [3.8, 4) is 0 Å². The van der Waals surface area contributed by atoms with Crippen LogP contribution in [0, 0.1) is 6.92 Å². The molecule has 0 aliphatic heterocycles. The van der Waals surface area contributed by atoms with Crippen molar-refractivity contribution in [3.05, 3.63) is 29.8 Å². The van der Waals surface area contributed by atoms with E-state index >= 15 is 0 Å². The van der Waals surface area contributed by atoms with Crippen molar-refractivity contribution in [3.63, 3.8) is 0 Å². The highest BCUT2D eigenvalue weighted by Gasteiger charge is 2.23. The summed E-state index contributed by atoms with van der Waals surface area (Å²) in [5.41, 5.74) is 0.563. The Bertz CT molecular complexity index is 588. The standard InChI is InChI=1S/C9H12N4O3S/c1-7-5-8(12-16-7)6-13(2)17(14,15)9-3-4-10-11-9/h3-5H,6H2,1-2H3,(H,10,11). The molecule has 0 atom stereocenters. The van der Waals surface area contributed by atoms with Gasteiger partial charge in [0, 0.05) is 13.1 Å². The lowest BCUT2D eigenvalue weighted by molar-refractivity contribution is 0.378. The first-order chi connectivity index (χ1) is 8.00. The Morgan fingerprint density at radius 2 is 2.29 bits per heavy atom. The molecule has 0 saturated heterocycles. The van der Waals surface area contributed by atoms with Gasteiger partial charge in [-0.15, -0.1) is 0 Å². The topological polar surface area (TPSA) is 92.1 Å². The van der Waals surface area contributed by atoms with E-state index in [1.54, 1.807) is 13.0 Å². The van der Waals surface area contributed by atoms with Crippen molar-refractivity contribution in [2.24, 2.45) is 0 Å². The van der Waals surface area contributed by atoms with Gasteiger partial charge in [-0.1, -0.05) is 5.16 Å². The molecular formula is C9H12N4O3S. The van der Waals surface area contributed by atoms with Gasteiger partial charge < -0.3 is 4.52 Å². The summed E-state index contributed by atoms with van der Waals surface area (Å²) < 4.78 is 30.1. The molecule has 2 heterocycles. The number of nitrogens with one attached hydrogen (secondary N) is 1. The average Bonchev–Trinajstić information content (AvgIpc) is 2.89. The summed E-state index contributed by atoms with van der Waals surface area (Å²) in [4.78, 5) is 0. The van der Waals surface area contributed by atoms with Crippen molar-refractivity contribution in [1.82, 2.24) is 19.7 Å². The van der Waals surface area contributed by atoms with Crippen LogP contribution in [-0.4, -0.2) is 35.1 Å². The van der Waals surface area contributed by atoms with Crippen LogP contribution >= 0.6 is 0 Å². The van der Waals surface area contributed by atoms with Crippen molar-refractivity contribution in [2.45, 2.75) is 18.5 Å². The lowest BCUT2D eigenvalue weighted by Crippen LogP contribution is -2.26. The first-order valence-corrected chi connectivity index (χ1v) is 6.32. The van der Waals surface area contributed by atoms with Gasteiger partial charge in [0.2, 0.25) is 0 Å². The summed E-state index contributed by atoms with van der Waals surface area (Å²) in [6.45, 7) is 1.90. The Labute approximate surface area is 98.5 Å². The van der Waals surface area contributed by atoms with Crippen LogP contribution in [0.25, 0.3) is 0 Å². The van der Waals surface area contributed by atoms with Crippen LogP contribution in [-0.2, 0) is 16.6 Å². The van der Waals surface area contributed by atoms with Crippen LogP contribution in [0.5, 0.6) is 0 Å². The third-order valence-electron chi connectivity index (χ3n) is 2.22. The number of aromatic amines is 1. The second-order valence-electron chi connectivity index (χ2n) is 3.61. The molecule has 8 heteroatoms. The highest BCUT2D eigenvalue weighted by molar-refractivity contribution is 7.89. The van der Waals surface area contributed by atoms with Crippen molar-refractivity contribution < 1.29 is 12.9 Å². The number of hydrogen-bond acceptors (Lipinski definition) is 5. The van der Waals surface area contributed by atoms with E-state index in [0.717, 1.165) is 0 Å². The van der Waals surface area contributed by atoms with Gasteiger partial charge >= 0.3 is 0 Å². The zero-order valence-electron chi connectivity index (χ0n) is 9.41. The van der Waals surface area contributed by atoms with Crippen LogP contribution in [0.15, 0.2) is 27.9 Å². The number of aryl methyl sites for hydroxylation is 1. The highest BCUT2D eigenvalue weighted by Crippen LogP contribution is 2.13. The monoisotopic (exact) mass is 256 g/mol. The number of H-pyrrole nitrogens is 1. The molecule has 2 aromatic rings. The van der Waals surface area contributed by atoms with Crippen molar-refractivity contribution in [1.29, 1.82) is 0 Å². The Morgan fingerprint density at radius 1 is 1.53 bits per heavy atom. The molecule has 0 aliphatic carbocycles. The van der Waals surface area contributed by atoms with E-state index in [9.17, 15) is 8.42 Å². The quantitative estimate of drug-likeness (QED) is 0.861. The summed E-state index contributed by atoms with van der Waals surface area (Å²) in [6, 6.07) is 3.10. The molecule has 0 unspecified atom stereocenters. The number of sulfonamides is 1. The zero-order valence-corrected chi connectivity index (χ0v) is 10.2. The minimum atomic E-state index is -3.55. The maximum absolute atomic E-state index is 12.0. The number of rotatable bonds is 4. The minimum Gasteiger partial charge on any atom is -0.361 e. The van der Waals surface area contributed by atoms with Crippen LogP contribution in [0.1, 0.15) is 11.5 Å². The predicted molar refractivity (Wildman–Crippen MR) is 58.5 cm³/mol. The molecule has 0 fully saturated rings. The summed E-state index contributed by atoms with van der Waals surface area (Å²) in [7, 11) is -2.08. The molecule has 0 saturated carbocycles. The van der Waals surface area contributed by atoms with Crippen molar-refractivity contribution >= 4 is 10.0 Å². The molecule has 0 aliphatic rings. The molecule has 17 heavy (non-hydrogen) atoms. The minimum absolute atomic E-state index is 0.0558. The van der Waals surface area contributed by atoms with Gasteiger partial charge in [-0.05, 0) is 13.0 Å². The molecule has 7 nitrogen and oxygen atoms in total. The number of aromatic nitrogens is 3. The number of hydrogen-bond donors (Lipinski definition) is 1. The van der Waals surface area contributed by atoms with E-state index in [0.29, 0.717) is 11.5 Å². The van der Waals surface area contributed by atoms with E-state index in [4.69, 9.17) is 4.52 Å². The zero-order chi connectivity index (χ0) is 12.5. The molecule has 92 valence electrons. The highest BCUT2D eigenvalue weighted by atomic mass is 32.2. The molecule has 2 rings (SSSR count). The van der Waals surface area contributed by atoms with Gasteiger partial charge in [0.05, 0.1) is 18.4 Å².